The molecule has 0 radical (unpaired) electrons. The number of amides is 1. The highest BCUT2D eigenvalue weighted by Crippen LogP contribution is 2.36. The molecule has 0 spiro atoms. The molecule has 0 bridgehead atoms. The predicted molar refractivity (Wildman–Crippen MR) is 107 cm³/mol. The number of rotatable bonds is 5. The van der Waals surface area contributed by atoms with Crippen LogP contribution in [0.4, 0.5) is 5.69 Å². The largest absolute Gasteiger partial charge is 0.508 e. The minimum atomic E-state index is -0.667. The number of aromatic hydroxyl groups is 1. The van der Waals surface area contributed by atoms with Crippen LogP contribution in [0.3, 0.4) is 0 Å². The molecule has 7 nitrogen and oxygen atoms in total. The Morgan fingerprint density at radius 3 is 2.52 bits per heavy atom. The molecule has 1 amide bonds. The van der Waals surface area contributed by atoms with Gasteiger partial charge in [0.05, 0.1) is 18.4 Å². The monoisotopic (exact) mass is 391 g/mol. The fourth-order valence-electron chi connectivity index (χ4n) is 3.02. The van der Waals surface area contributed by atoms with Gasteiger partial charge in [0.2, 0.25) is 0 Å². The zero-order valence-corrected chi connectivity index (χ0v) is 15.5. The van der Waals surface area contributed by atoms with Crippen LogP contribution in [0, 0.1) is 0 Å². The minimum absolute atomic E-state index is 0.0346. The van der Waals surface area contributed by atoms with Gasteiger partial charge in [0.1, 0.15) is 22.7 Å². The maximum absolute atomic E-state index is 12.3. The summed E-state index contributed by atoms with van der Waals surface area (Å²) in [7, 11) is 1.50. The maximum atomic E-state index is 12.3. The summed E-state index contributed by atoms with van der Waals surface area (Å²) < 4.78 is 16.2. The molecule has 0 atom stereocenters. The molecule has 0 saturated heterocycles. The van der Waals surface area contributed by atoms with E-state index in [0.717, 1.165) is 16.4 Å². The Kier molecular flexibility index (Phi) is 4.78. The van der Waals surface area contributed by atoms with E-state index in [2.05, 4.69) is 5.32 Å². The molecule has 4 rings (SSSR count). The van der Waals surface area contributed by atoms with Gasteiger partial charge >= 0.3 is 5.97 Å². The molecule has 1 heterocycles. The van der Waals surface area contributed by atoms with E-state index < -0.39 is 18.5 Å². The Morgan fingerprint density at radius 2 is 1.76 bits per heavy atom. The second-order valence-corrected chi connectivity index (χ2v) is 6.32. The molecule has 29 heavy (non-hydrogen) atoms. The van der Waals surface area contributed by atoms with E-state index in [0.29, 0.717) is 17.0 Å². The van der Waals surface area contributed by atoms with Gasteiger partial charge in [-0.05, 0) is 36.4 Å². The van der Waals surface area contributed by atoms with Crippen LogP contribution in [0.25, 0.3) is 21.9 Å². The summed E-state index contributed by atoms with van der Waals surface area (Å²) in [4.78, 5) is 24.3. The van der Waals surface area contributed by atoms with Gasteiger partial charge in [0.15, 0.2) is 6.61 Å². The van der Waals surface area contributed by atoms with Crippen LogP contribution in [-0.4, -0.2) is 30.7 Å². The highest BCUT2D eigenvalue weighted by molar-refractivity contribution is 6.08. The van der Waals surface area contributed by atoms with E-state index in [9.17, 15) is 14.7 Å². The number of furan rings is 1. The van der Waals surface area contributed by atoms with Gasteiger partial charge in [0.25, 0.3) is 5.91 Å². The molecule has 0 aliphatic rings. The second kappa shape index (κ2) is 7.55. The normalized spacial score (nSPS) is 10.8. The number of esters is 1. The Balaban J connectivity index is 1.50. The molecular weight excluding hydrogens is 374 g/mol. The lowest BCUT2D eigenvalue weighted by Gasteiger charge is -2.11. The topological polar surface area (TPSA) is 98.0 Å². The first-order valence-corrected chi connectivity index (χ1v) is 8.80. The second-order valence-electron chi connectivity index (χ2n) is 6.32. The summed E-state index contributed by atoms with van der Waals surface area (Å²) in [6, 6.07) is 16.6. The van der Waals surface area contributed by atoms with Crippen LogP contribution in [-0.2, 0) is 9.53 Å². The highest BCUT2D eigenvalue weighted by atomic mass is 16.5. The number of carbonyl (C=O) groups excluding carboxylic acids is 2. The van der Waals surface area contributed by atoms with Crippen molar-refractivity contribution in [2.24, 2.45) is 0 Å². The van der Waals surface area contributed by atoms with Crippen LogP contribution in [0.1, 0.15) is 10.4 Å². The minimum Gasteiger partial charge on any atom is -0.508 e. The first-order valence-electron chi connectivity index (χ1n) is 8.80. The third kappa shape index (κ3) is 3.70. The summed E-state index contributed by atoms with van der Waals surface area (Å²) in [6.45, 7) is -0.471. The molecular formula is C22H17NO6. The van der Waals surface area contributed by atoms with E-state index in [4.69, 9.17) is 13.9 Å². The Labute approximate surface area is 165 Å². The number of nitrogens with one attached hydrogen (secondary N) is 1. The SMILES string of the molecule is COc1cc2c(cc1NC(=O)COC(=O)c1ccc(O)cc1)oc1ccccc12. The number of anilines is 1. The van der Waals surface area contributed by atoms with Crippen molar-refractivity contribution in [3.8, 4) is 11.5 Å². The van der Waals surface area contributed by atoms with Gasteiger partial charge in [-0.2, -0.15) is 0 Å². The number of phenols is 1. The third-order valence-electron chi connectivity index (χ3n) is 4.41. The van der Waals surface area contributed by atoms with Crippen LogP contribution < -0.4 is 10.1 Å². The molecule has 1 aromatic heterocycles. The van der Waals surface area contributed by atoms with E-state index in [1.165, 1.54) is 31.4 Å². The zero-order chi connectivity index (χ0) is 20.4. The van der Waals surface area contributed by atoms with Crippen molar-refractivity contribution < 1.29 is 28.6 Å². The van der Waals surface area contributed by atoms with Gasteiger partial charge in [-0.25, -0.2) is 4.79 Å². The van der Waals surface area contributed by atoms with Crippen LogP contribution >= 0.6 is 0 Å². The van der Waals surface area contributed by atoms with Crippen molar-refractivity contribution in [2.75, 3.05) is 19.0 Å². The van der Waals surface area contributed by atoms with Crippen molar-refractivity contribution in [3.63, 3.8) is 0 Å². The lowest BCUT2D eigenvalue weighted by atomic mass is 10.1. The molecule has 0 saturated carbocycles. The number of hydrogen-bond donors (Lipinski definition) is 2. The van der Waals surface area contributed by atoms with Crippen molar-refractivity contribution in [1.29, 1.82) is 0 Å². The number of hydrogen-bond acceptors (Lipinski definition) is 6. The number of phenolic OH excluding ortho intramolecular Hbond substituents is 1. The highest BCUT2D eigenvalue weighted by Gasteiger charge is 2.15. The van der Waals surface area contributed by atoms with Gasteiger partial charge in [0, 0.05) is 16.8 Å². The third-order valence-corrected chi connectivity index (χ3v) is 4.41. The molecule has 0 aliphatic carbocycles. The number of methoxy groups -OCH3 is 1. The average molecular weight is 391 g/mol. The molecule has 7 heteroatoms. The fourth-order valence-corrected chi connectivity index (χ4v) is 3.02. The molecule has 0 unspecified atom stereocenters. The van der Waals surface area contributed by atoms with Gasteiger partial charge in [-0.3, -0.25) is 4.79 Å². The molecule has 3 aromatic carbocycles. The lowest BCUT2D eigenvalue weighted by Crippen LogP contribution is -2.21. The number of fused-ring (bicyclic) bond motifs is 3. The average Bonchev–Trinajstić information content (AvgIpc) is 3.09. The molecule has 146 valence electrons. The standard InChI is InChI=1S/C22H17NO6/c1-27-20-10-16-15-4-2-3-5-18(15)29-19(16)11-17(20)23-21(25)12-28-22(26)13-6-8-14(24)9-7-13/h2-11,24H,12H2,1H3,(H,23,25). The van der Waals surface area contributed by atoms with Crippen molar-refractivity contribution >= 4 is 39.5 Å². The van der Waals surface area contributed by atoms with E-state index in [1.54, 1.807) is 12.1 Å². The van der Waals surface area contributed by atoms with Crippen molar-refractivity contribution in [3.05, 3.63) is 66.2 Å². The Hall–Kier alpha value is -4.00. The summed E-state index contributed by atoms with van der Waals surface area (Å²) in [6.07, 6.45) is 0. The smallest absolute Gasteiger partial charge is 0.338 e. The van der Waals surface area contributed by atoms with Gasteiger partial charge < -0.3 is 24.3 Å². The maximum Gasteiger partial charge on any atom is 0.338 e. The molecule has 2 N–H and O–H groups in total. The zero-order valence-electron chi connectivity index (χ0n) is 15.5. The van der Waals surface area contributed by atoms with Crippen LogP contribution in [0.15, 0.2) is 65.1 Å². The number of ether oxygens (including phenoxy) is 2. The van der Waals surface area contributed by atoms with Gasteiger partial charge in [-0.15, -0.1) is 0 Å². The quantitative estimate of drug-likeness (QED) is 0.497. The van der Waals surface area contributed by atoms with Crippen molar-refractivity contribution in [2.45, 2.75) is 0 Å². The summed E-state index contributed by atoms with van der Waals surface area (Å²) >= 11 is 0. The first kappa shape index (κ1) is 18.4. The number of benzene rings is 3. The molecule has 0 aliphatic heterocycles. The fraction of sp³-hybridized carbons (Fsp3) is 0.0909. The van der Waals surface area contributed by atoms with E-state index in [1.807, 2.05) is 24.3 Å². The summed E-state index contributed by atoms with van der Waals surface area (Å²) in [5, 5.41) is 13.7. The van der Waals surface area contributed by atoms with Crippen LogP contribution in [0.5, 0.6) is 11.5 Å². The summed E-state index contributed by atoms with van der Waals surface area (Å²) in [5.41, 5.74) is 1.97. The van der Waals surface area contributed by atoms with Crippen LogP contribution in [0.2, 0.25) is 0 Å². The lowest BCUT2D eigenvalue weighted by molar-refractivity contribution is -0.119. The molecule has 4 aromatic rings. The Morgan fingerprint density at radius 1 is 1.00 bits per heavy atom. The molecule has 0 fully saturated rings. The van der Waals surface area contributed by atoms with Crippen molar-refractivity contribution in [1.82, 2.24) is 0 Å². The van der Waals surface area contributed by atoms with Gasteiger partial charge in [-0.1, -0.05) is 18.2 Å². The van der Waals surface area contributed by atoms with E-state index >= 15 is 0 Å². The predicted octanol–water partition coefficient (Wildman–Crippen LogP) is 4.10. The summed E-state index contributed by atoms with van der Waals surface area (Å²) in [5.74, 6) is -0.694. The number of carbonyl (C=O) groups is 2. The number of para-hydroxylation sites is 1. The van der Waals surface area contributed by atoms with E-state index in [-0.39, 0.29) is 11.3 Å². The Bertz CT molecular complexity index is 1210. The first-order chi connectivity index (χ1) is 14.0.